The molecule has 1 rings (SSSR count). The lowest BCUT2D eigenvalue weighted by Crippen LogP contribution is -1.82. The zero-order valence-corrected chi connectivity index (χ0v) is 6.97. The fourth-order valence-corrected chi connectivity index (χ4v) is 0.836. The van der Waals surface area contributed by atoms with Crippen molar-refractivity contribution in [3.8, 4) is 5.75 Å². The second kappa shape index (κ2) is 4.20. The largest absolute Gasteiger partial charge is 0.505 e. The molecule has 0 aliphatic heterocycles. The molecule has 0 aliphatic carbocycles. The standard InChI is InChI=1S/C8H8N2O3/c1-13-9-5-6-3-2-4-7(10-12)8(6)11/h2-5,11H,1H3/b9-5+. The fourth-order valence-electron chi connectivity index (χ4n) is 0.836. The van der Waals surface area contributed by atoms with Crippen LogP contribution in [0.5, 0.6) is 5.75 Å². The molecule has 0 atom stereocenters. The highest BCUT2D eigenvalue weighted by atomic mass is 16.6. The van der Waals surface area contributed by atoms with Crippen molar-refractivity contribution in [3.05, 3.63) is 28.7 Å². The summed E-state index contributed by atoms with van der Waals surface area (Å²) in [6.07, 6.45) is 1.30. The Labute approximate surface area is 74.6 Å². The monoisotopic (exact) mass is 180 g/mol. The van der Waals surface area contributed by atoms with Gasteiger partial charge < -0.3 is 9.94 Å². The first-order chi connectivity index (χ1) is 6.29. The topological polar surface area (TPSA) is 71.2 Å². The predicted octanol–water partition coefficient (Wildman–Crippen LogP) is 1.77. The van der Waals surface area contributed by atoms with Crippen molar-refractivity contribution in [1.29, 1.82) is 0 Å². The molecule has 0 heterocycles. The normalized spacial score (nSPS) is 10.2. The van der Waals surface area contributed by atoms with Gasteiger partial charge in [0, 0.05) is 5.56 Å². The lowest BCUT2D eigenvalue weighted by molar-refractivity contribution is 0.215. The molecule has 0 saturated carbocycles. The molecule has 0 amide bonds. The van der Waals surface area contributed by atoms with Crippen LogP contribution in [0.3, 0.4) is 0 Å². The van der Waals surface area contributed by atoms with Crippen molar-refractivity contribution < 1.29 is 9.94 Å². The van der Waals surface area contributed by atoms with Crippen LogP contribution in [0.2, 0.25) is 0 Å². The molecule has 0 bridgehead atoms. The van der Waals surface area contributed by atoms with E-state index in [0.29, 0.717) is 5.56 Å². The van der Waals surface area contributed by atoms with Crippen molar-refractivity contribution in [1.82, 2.24) is 0 Å². The average Bonchev–Trinajstić information content (AvgIpc) is 2.16. The van der Waals surface area contributed by atoms with Crippen molar-refractivity contribution in [2.24, 2.45) is 10.3 Å². The minimum absolute atomic E-state index is 0.0138. The average molecular weight is 180 g/mol. The molecule has 13 heavy (non-hydrogen) atoms. The highest BCUT2D eigenvalue weighted by Crippen LogP contribution is 2.28. The number of hydrogen-bond acceptors (Lipinski definition) is 5. The van der Waals surface area contributed by atoms with Gasteiger partial charge in [-0.25, -0.2) is 0 Å². The third-order valence-electron chi connectivity index (χ3n) is 1.44. The van der Waals surface area contributed by atoms with Crippen LogP contribution < -0.4 is 0 Å². The molecule has 0 saturated heterocycles. The summed E-state index contributed by atoms with van der Waals surface area (Å²) in [5, 5.41) is 15.5. The minimum Gasteiger partial charge on any atom is -0.505 e. The van der Waals surface area contributed by atoms with Crippen molar-refractivity contribution in [2.75, 3.05) is 7.11 Å². The first kappa shape index (κ1) is 9.18. The van der Waals surface area contributed by atoms with E-state index in [9.17, 15) is 10.0 Å². The number of oxime groups is 1. The molecule has 0 radical (unpaired) electrons. The summed E-state index contributed by atoms with van der Waals surface area (Å²) < 4.78 is 0. The second-order valence-electron chi connectivity index (χ2n) is 2.22. The smallest absolute Gasteiger partial charge is 0.153 e. The molecule has 5 nitrogen and oxygen atoms in total. The molecule has 1 aromatic carbocycles. The molecule has 0 spiro atoms. The first-order valence-electron chi connectivity index (χ1n) is 3.51. The van der Waals surface area contributed by atoms with Gasteiger partial charge in [0.2, 0.25) is 0 Å². The van der Waals surface area contributed by atoms with Gasteiger partial charge in [-0.05, 0) is 17.3 Å². The highest BCUT2D eigenvalue weighted by Gasteiger charge is 2.04. The minimum atomic E-state index is -0.196. The van der Waals surface area contributed by atoms with E-state index < -0.39 is 0 Å². The van der Waals surface area contributed by atoms with Gasteiger partial charge in [0.15, 0.2) is 5.75 Å². The van der Waals surface area contributed by atoms with E-state index in [1.54, 1.807) is 12.1 Å². The SMILES string of the molecule is CO/N=C/c1cccc(N=O)c1O. The van der Waals surface area contributed by atoms with Crippen molar-refractivity contribution >= 4 is 11.9 Å². The number of rotatable bonds is 3. The van der Waals surface area contributed by atoms with Crippen LogP contribution >= 0.6 is 0 Å². The molecule has 1 aromatic rings. The van der Waals surface area contributed by atoms with E-state index in [1.807, 2.05) is 0 Å². The summed E-state index contributed by atoms with van der Waals surface area (Å²) in [4.78, 5) is 14.6. The van der Waals surface area contributed by atoms with E-state index >= 15 is 0 Å². The summed E-state index contributed by atoms with van der Waals surface area (Å²) in [7, 11) is 1.38. The number of nitroso groups, excluding NO2 is 1. The van der Waals surface area contributed by atoms with Gasteiger partial charge in [-0.1, -0.05) is 11.2 Å². The van der Waals surface area contributed by atoms with Crippen LogP contribution in [0.4, 0.5) is 5.69 Å². The van der Waals surface area contributed by atoms with Crippen molar-refractivity contribution in [3.63, 3.8) is 0 Å². The number of phenols is 1. The fraction of sp³-hybridized carbons (Fsp3) is 0.125. The van der Waals surface area contributed by atoms with Crippen LogP contribution in [-0.2, 0) is 4.84 Å². The molecule has 0 unspecified atom stereocenters. The Morgan fingerprint density at radius 2 is 2.31 bits per heavy atom. The maximum Gasteiger partial charge on any atom is 0.153 e. The zero-order chi connectivity index (χ0) is 9.68. The van der Waals surface area contributed by atoms with Gasteiger partial charge in [0.1, 0.15) is 12.8 Å². The molecule has 5 heteroatoms. The number of para-hydroxylation sites is 1. The van der Waals surface area contributed by atoms with Crippen molar-refractivity contribution in [2.45, 2.75) is 0 Å². The molecule has 0 aromatic heterocycles. The van der Waals surface area contributed by atoms with E-state index in [-0.39, 0.29) is 11.4 Å². The molecule has 0 fully saturated rings. The van der Waals surface area contributed by atoms with Crippen LogP contribution in [0.25, 0.3) is 0 Å². The lowest BCUT2D eigenvalue weighted by atomic mass is 10.2. The molecular weight excluding hydrogens is 172 g/mol. The van der Waals surface area contributed by atoms with Crippen LogP contribution in [0, 0.1) is 4.91 Å². The summed E-state index contributed by atoms with van der Waals surface area (Å²) in [5.41, 5.74) is 0.374. The lowest BCUT2D eigenvalue weighted by Gasteiger charge is -1.98. The van der Waals surface area contributed by atoms with Gasteiger partial charge in [-0.3, -0.25) is 0 Å². The van der Waals surface area contributed by atoms with Gasteiger partial charge in [-0.2, -0.15) is 0 Å². The van der Waals surface area contributed by atoms with Crippen LogP contribution in [0.15, 0.2) is 28.5 Å². The molecule has 68 valence electrons. The number of aromatic hydroxyl groups is 1. The summed E-state index contributed by atoms with van der Waals surface area (Å²) in [6, 6.07) is 4.59. The molecule has 0 aliphatic rings. The van der Waals surface area contributed by atoms with E-state index in [1.165, 1.54) is 19.4 Å². The zero-order valence-electron chi connectivity index (χ0n) is 6.97. The second-order valence-corrected chi connectivity index (χ2v) is 2.22. The van der Waals surface area contributed by atoms with Gasteiger partial charge in [-0.15, -0.1) is 4.91 Å². The Balaban J connectivity index is 3.08. The Morgan fingerprint density at radius 3 is 2.92 bits per heavy atom. The third-order valence-corrected chi connectivity index (χ3v) is 1.44. The number of phenolic OH excluding ortho intramolecular Hbond substituents is 1. The highest BCUT2D eigenvalue weighted by molar-refractivity contribution is 5.85. The quantitative estimate of drug-likeness (QED) is 0.437. The van der Waals surface area contributed by atoms with Gasteiger partial charge in [0.25, 0.3) is 0 Å². The predicted molar refractivity (Wildman–Crippen MR) is 48.2 cm³/mol. The number of hydrogen-bond donors (Lipinski definition) is 1. The first-order valence-corrected chi connectivity index (χ1v) is 3.51. The number of benzene rings is 1. The van der Waals surface area contributed by atoms with Crippen LogP contribution in [-0.4, -0.2) is 18.4 Å². The van der Waals surface area contributed by atoms with E-state index in [0.717, 1.165) is 0 Å². The Kier molecular flexibility index (Phi) is 2.97. The summed E-state index contributed by atoms with van der Waals surface area (Å²) in [6.45, 7) is 0. The maximum atomic E-state index is 10.2. The number of nitrogens with zero attached hydrogens (tertiary/aromatic N) is 2. The molecular formula is C8H8N2O3. The Bertz CT molecular complexity index is 336. The maximum absolute atomic E-state index is 10.2. The third kappa shape index (κ3) is 2.02. The Morgan fingerprint density at radius 1 is 1.54 bits per heavy atom. The van der Waals surface area contributed by atoms with E-state index in [4.69, 9.17) is 0 Å². The Hall–Kier alpha value is -1.91. The van der Waals surface area contributed by atoms with E-state index in [2.05, 4.69) is 15.2 Å². The van der Waals surface area contributed by atoms with Crippen LogP contribution in [0.1, 0.15) is 5.56 Å². The summed E-state index contributed by atoms with van der Waals surface area (Å²) in [5.74, 6) is -0.196. The van der Waals surface area contributed by atoms with Gasteiger partial charge in [0.05, 0.1) is 6.21 Å². The summed E-state index contributed by atoms with van der Waals surface area (Å²) >= 11 is 0. The van der Waals surface area contributed by atoms with Gasteiger partial charge >= 0.3 is 0 Å². The molecule has 1 N–H and O–H groups in total.